The van der Waals surface area contributed by atoms with E-state index >= 15 is 0 Å². The van der Waals surface area contributed by atoms with Gasteiger partial charge in [0.2, 0.25) is 5.22 Å². The molecule has 1 amide bonds. The van der Waals surface area contributed by atoms with Crippen LogP contribution in [0.15, 0.2) is 34.9 Å². The van der Waals surface area contributed by atoms with E-state index in [4.69, 9.17) is 25.9 Å². The number of carboxylic acid groups (broad SMARTS) is 1. The quantitative estimate of drug-likeness (QED) is 0.905. The SMILES string of the molecule is COc1ccc(C(=O)O)cc1NC(=O)c1ccoc1Cl. The highest BCUT2D eigenvalue weighted by atomic mass is 35.5. The molecular weight excluding hydrogens is 286 g/mol. The predicted octanol–water partition coefficient (Wildman–Crippen LogP) is 2.89. The Morgan fingerprint density at radius 1 is 1.35 bits per heavy atom. The number of furan rings is 1. The number of carbonyl (C=O) groups is 2. The maximum atomic E-state index is 12.0. The van der Waals surface area contributed by atoms with Crippen LogP contribution >= 0.6 is 11.6 Å². The van der Waals surface area contributed by atoms with Crippen LogP contribution in [0.2, 0.25) is 5.22 Å². The summed E-state index contributed by atoms with van der Waals surface area (Å²) in [5.74, 6) is -1.29. The maximum absolute atomic E-state index is 12.0. The zero-order chi connectivity index (χ0) is 14.7. The molecule has 0 aliphatic heterocycles. The second-order valence-corrected chi connectivity index (χ2v) is 4.13. The van der Waals surface area contributed by atoms with Gasteiger partial charge in [-0.3, -0.25) is 4.79 Å². The second-order valence-electron chi connectivity index (χ2n) is 3.78. The molecule has 104 valence electrons. The van der Waals surface area contributed by atoms with Crippen molar-refractivity contribution >= 4 is 29.2 Å². The first-order valence-corrected chi connectivity index (χ1v) is 5.86. The number of benzene rings is 1. The number of rotatable bonds is 4. The highest BCUT2D eigenvalue weighted by Crippen LogP contribution is 2.27. The number of carbonyl (C=O) groups excluding carboxylic acids is 1. The molecule has 0 atom stereocenters. The van der Waals surface area contributed by atoms with Crippen LogP contribution in [-0.2, 0) is 0 Å². The zero-order valence-electron chi connectivity index (χ0n) is 10.3. The third-order valence-corrected chi connectivity index (χ3v) is 2.85. The van der Waals surface area contributed by atoms with Crippen LogP contribution in [0.3, 0.4) is 0 Å². The molecule has 0 saturated carbocycles. The molecule has 2 aromatic rings. The minimum absolute atomic E-state index is 0.0272. The summed E-state index contributed by atoms with van der Waals surface area (Å²) in [5.41, 5.74) is 0.406. The highest BCUT2D eigenvalue weighted by Gasteiger charge is 2.16. The molecule has 0 radical (unpaired) electrons. The summed E-state index contributed by atoms with van der Waals surface area (Å²) in [6.07, 6.45) is 1.28. The van der Waals surface area contributed by atoms with Gasteiger partial charge in [-0.15, -0.1) is 0 Å². The molecule has 0 fully saturated rings. The van der Waals surface area contributed by atoms with Crippen molar-refractivity contribution in [3.8, 4) is 5.75 Å². The number of carboxylic acids is 1. The lowest BCUT2D eigenvalue weighted by Crippen LogP contribution is -2.13. The van der Waals surface area contributed by atoms with Gasteiger partial charge in [0.25, 0.3) is 5.91 Å². The molecule has 0 saturated heterocycles. The molecule has 1 aromatic carbocycles. The number of hydrogen-bond acceptors (Lipinski definition) is 4. The lowest BCUT2D eigenvalue weighted by molar-refractivity contribution is 0.0696. The molecule has 0 aliphatic rings. The minimum Gasteiger partial charge on any atom is -0.495 e. The molecule has 0 spiro atoms. The van der Waals surface area contributed by atoms with Crippen molar-refractivity contribution in [3.05, 3.63) is 46.9 Å². The van der Waals surface area contributed by atoms with Gasteiger partial charge in [0, 0.05) is 0 Å². The fraction of sp³-hybridized carbons (Fsp3) is 0.0769. The van der Waals surface area contributed by atoms with Gasteiger partial charge in [-0.25, -0.2) is 4.79 Å². The van der Waals surface area contributed by atoms with Gasteiger partial charge in [-0.2, -0.15) is 0 Å². The van der Waals surface area contributed by atoms with Crippen LogP contribution in [0.5, 0.6) is 5.75 Å². The average Bonchev–Trinajstić information content (AvgIpc) is 2.84. The van der Waals surface area contributed by atoms with Crippen molar-refractivity contribution in [1.82, 2.24) is 0 Å². The summed E-state index contributed by atoms with van der Waals surface area (Å²) in [6.45, 7) is 0. The van der Waals surface area contributed by atoms with Crippen molar-refractivity contribution < 1.29 is 23.8 Å². The third-order valence-electron chi connectivity index (χ3n) is 2.56. The van der Waals surface area contributed by atoms with Crippen LogP contribution < -0.4 is 10.1 Å². The summed E-state index contributed by atoms with van der Waals surface area (Å²) < 4.78 is 9.89. The van der Waals surface area contributed by atoms with E-state index in [0.717, 1.165) is 0 Å². The van der Waals surface area contributed by atoms with E-state index in [1.165, 1.54) is 37.6 Å². The Morgan fingerprint density at radius 3 is 2.65 bits per heavy atom. The molecule has 7 heteroatoms. The average molecular weight is 296 g/mol. The van der Waals surface area contributed by atoms with Gasteiger partial charge in [0.15, 0.2) is 0 Å². The Bertz CT molecular complexity index is 665. The van der Waals surface area contributed by atoms with Crippen molar-refractivity contribution in [3.63, 3.8) is 0 Å². The zero-order valence-corrected chi connectivity index (χ0v) is 11.1. The van der Waals surface area contributed by atoms with E-state index in [-0.39, 0.29) is 22.0 Å². The Kier molecular flexibility index (Phi) is 3.95. The Morgan fingerprint density at radius 2 is 2.10 bits per heavy atom. The topological polar surface area (TPSA) is 88.8 Å². The standard InChI is InChI=1S/C13H10ClNO5/c1-19-10-3-2-7(13(17)18)6-9(10)15-12(16)8-4-5-20-11(8)14/h2-6H,1H3,(H,15,16)(H,17,18). The molecule has 0 bridgehead atoms. The Balaban J connectivity index is 2.32. The molecule has 1 aromatic heterocycles. The van der Waals surface area contributed by atoms with E-state index in [1.807, 2.05) is 0 Å². The number of anilines is 1. The first-order valence-electron chi connectivity index (χ1n) is 5.48. The molecule has 2 N–H and O–H groups in total. The number of amides is 1. The van der Waals surface area contributed by atoms with E-state index in [0.29, 0.717) is 5.75 Å². The van der Waals surface area contributed by atoms with Gasteiger partial charge in [-0.05, 0) is 35.9 Å². The van der Waals surface area contributed by atoms with E-state index in [2.05, 4.69) is 5.32 Å². The van der Waals surface area contributed by atoms with Crippen LogP contribution in [0, 0.1) is 0 Å². The molecule has 0 unspecified atom stereocenters. The van der Waals surface area contributed by atoms with Gasteiger partial charge in [0.1, 0.15) is 5.75 Å². The number of methoxy groups -OCH3 is 1. The van der Waals surface area contributed by atoms with E-state index < -0.39 is 11.9 Å². The van der Waals surface area contributed by atoms with Crippen LogP contribution in [0.25, 0.3) is 0 Å². The molecular formula is C13H10ClNO5. The summed E-state index contributed by atoms with van der Waals surface area (Å²) in [5, 5.41) is 11.4. The molecule has 20 heavy (non-hydrogen) atoms. The van der Waals surface area contributed by atoms with Crippen molar-refractivity contribution in [2.75, 3.05) is 12.4 Å². The van der Waals surface area contributed by atoms with Gasteiger partial charge in [0.05, 0.1) is 30.2 Å². The van der Waals surface area contributed by atoms with Crippen molar-refractivity contribution in [2.24, 2.45) is 0 Å². The molecule has 1 heterocycles. The monoisotopic (exact) mass is 295 g/mol. The number of halogens is 1. The number of aromatic carboxylic acids is 1. The first-order chi connectivity index (χ1) is 9.52. The summed E-state index contributed by atoms with van der Waals surface area (Å²) in [6, 6.07) is 5.54. The normalized spacial score (nSPS) is 10.1. The van der Waals surface area contributed by atoms with Gasteiger partial charge < -0.3 is 19.6 Å². The molecule has 2 rings (SSSR count). The molecule has 0 aliphatic carbocycles. The van der Waals surface area contributed by atoms with Crippen LogP contribution in [0.1, 0.15) is 20.7 Å². The smallest absolute Gasteiger partial charge is 0.335 e. The fourth-order valence-corrected chi connectivity index (χ4v) is 1.78. The van der Waals surface area contributed by atoms with Gasteiger partial charge in [-0.1, -0.05) is 0 Å². The Labute approximate surface area is 118 Å². The van der Waals surface area contributed by atoms with Crippen molar-refractivity contribution in [2.45, 2.75) is 0 Å². The number of nitrogens with one attached hydrogen (secondary N) is 1. The summed E-state index contributed by atoms with van der Waals surface area (Å²) in [4.78, 5) is 22.9. The predicted molar refractivity (Wildman–Crippen MR) is 71.6 cm³/mol. The first kappa shape index (κ1) is 14.0. The van der Waals surface area contributed by atoms with Gasteiger partial charge >= 0.3 is 5.97 Å². The van der Waals surface area contributed by atoms with Crippen LogP contribution in [0.4, 0.5) is 5.69 Å². The van der Waals surface area contributed by atoms with E-state index in [9.17, 15) is 9.59 Å². The number of ether oxygens (including phenoxy) is 1. The number of hydrogen-bond donors (Lipinski definition) is 2. The largest absolute Gasteiger partial charge is 0.495 e. The third kappa shape index (κ3) is 2.75. The van der Waals surface area contributed by atoms with Crippen molar-refractivity contribution in [1.29, 1.82) is 0 Å². The summed E-state index contributed by atoms with van der Waals surface area (Å²) in [7, 11) is 1.41. The lowest BCUT2D eigenvalue weighted by atomic mass is 10.2. The van der Waals surface area contributed by atoms with Crippen LogP contribution in [-0.4, -0.2) is 24.1 Å². The maximum Gasteiger partial charge on any atom is 0.335 e. The summed E-state index contributed by atoms with van der Waals surface area (Å²) >= 11 is 5.70. The molecule has 6 nitrogen and oxygen atoms in total. The lowest BCUT2D eigenvalue weighted by Gasteiger charge is -2.10. The Hall–Kier alpha value is -2.47. The highest BCUT2D eigenvalue weighted by molar-refractivity contribution is 6.32. The van der Waals surface area contributed by atoms with E-state index in [1.54, 1.807) is 0 Å². The second kappa shape index (κ2) is 5.66. The minimum atomic E-state index is -1.11. The fourth-order valence-electron chi connectivity index (χ4n) is 1.58.